The molecule has 1 aromatic heterocycles. The number of aryl methyl sites for hydroxylation is 3. The Morgan fingerprint density at radius 3 is 2.46 bits per heavy atom. The van der Waals surface area contributed by atoms with Crippen molar-refractivity contribution in [3.05, 3.63) is 46.9 Å². The Morgan fingerprint density at radius 1 is 1.17 bits per heavy atom. The molecule has 1 amide bonds. The van der Waals surface area contributed by atoms with Crippen molar-refractivity contribution in [1.29, 1.82) is 0 Å². The molecule has 0 saturated carbocycles. The zero-order valence-electron chi connectivity index (χ0n) is 15.2. The van der Waals surface area contributed by atoms with Crippen LogP contribution in [0.2, 0.25) is 0 Å². The van der Waals surface area contributed by atoms with Gasteiger partial charge in [0, 0.05) is 25.3 Å². The SMILES string of the molecule is CCCCN(C)c1cc(C(=O)Nc2c(C)cccc2C)nc(C)n1. The van der Waals surface area contributed by atoms with E-state index < -0.39 is 0 Å². The number of benzene rings is 1. The summed E-state index contributed by atoms with van der Waals surface area (Å²) >= 11 is 0. The first-order chi connectivity index (χ1) is 11.4. The molecule has 5 nitrogen and oxygen atoms in total. The lowest BCUT2D eigenvalue weighted by molar-refractivity contribution is 0.102. The van der Waals surface area contributed by atoms with Crippen LogP contribution in [-0.2, 0) is 0 Å². The van der Waals surface area contributed by atoms with E-state index in [9.17, 15) is 4.79 Å². The number of rotatable bonds is 6. The van der Waals surface area contributed by atoms with Gasteiger partial charge in [-0.05, 0) is 38.3 Å². The average Bonchev–Trinajstić information content (AvgIpc) is 2.55. The summed E-state index contributed by atoms with van der Waals surface area (Å²) in [5, 5.41) is 2.98. The Balaban J connectivity index is 2.25. The number of hydrogen-bond donors (Lipinski definition) is 1. The van der Waals surface area contributed by atoms with E-state index in [0.717, 1.165) is 42.0 Å². The lowest BCUT2D eigenvalue weighted by Crippen LogP contribution is -2.22. The van der Waals surface area contributed by atoms with Gasteiger partial charge in [0.25, 0.3) is 5.91 Å². The van der Waals surface area contributed by atoms with E-state index in [1.807, 2.05) is 46.0 Å². The summed E-state index contributed by atoms with van der Waals surface area (Å²) in [6.07, 6.45) is 2.21. The van der Waals surface area contributed by atoms with Crippen LogP contribution in [0.15, 0.2) is 24.3 Å². The van der Waals surface area contributed by atoms with Crippen LogP contribution in [0.5, 0.6) is 0 Å². The summed E-state index contributed by atoms with van der Waals surface area (Å²) in [6.45, 7) is 8.84. The minimum absolute atomic E-state index is 0.206. The van der Waals surface area contributed by atoms with Crippen molar-refractivity contribution in [3.63, 3.8) is 0 Å². The molecule has 1 N–H and O–H groups in total. The minimum atomic E-state index is -0.206. The van der Waals surface area contributed by atoms with Crippen LogP contribution in [0.1, 0.15) is 47.2 Å². The summed E-state index contributed by atoms with van der Waals surface area (Å²) in [5.74, 6) is 1.17. The van der Waals surface area contributed by atoms with Gasteiger partial charge < -0.3 is 10.2 Å². The van der Waals surface area contributed by atoms with Gasteiger partial charge in [-0.2, -0.15) is 0 Å². The molecule has 0 radical (unpaired) electrons. The van der Waals surface area contributed by atoms with E-state index in [2.05, 4.69) is 27.1 Å². The number of aromatic nitrogens is 2. The van der Waals surface area contributed by atoms with Gasteiger partial charge in [0.15, 0.2) is 0 Å². The molecule has 0 aliphatic carbocycles. The Morgan fingerprint density at radius 2 is 1.83 bits per heavy atom. The van der Waals surface area contributed by atoms with Crippen molar-refractivity contribution >= 4 is 17.4 Å². The number of para-hydroxylation sites is 1. The molecule has 1 heterocycles. The van der Waals surface area contributed by atoms with Gasteiger partial charge in [0.05, 0.1) is 0 Å². The fourth-order valence-electron chi connectivity index (χ4n) is 2.56. The molecule has 0 bridgehead atoms. The highest BCUT2D eigenvalue weighted by Crippen LogP contribution is 2.21. The smallest absolute Gasteiger partial charge is 0.274 e. The first-order valence-electron chi connectivity index (χ1n) is 8.36. The fraction of sp³-hybridized carbons (Fsp3) is 0.421. The van der Waals surface area contributed by atoms with Gasteiger partial charge in [-0.1, -0.05) is 31.5 Å². The summed E-state index contributed by atoms with van der Waals surface area (Å²) in [5.41, 5.74) is 3.31. The van der Waals surface area contributed by atoms with Crippen LogP contribution in [0.3, 0.4) is 0 Å². The normalized spacial score (nSPS) is 10.5. The quantitative estimate of drug-likeness (QED) is 0.875. The highest BCUT2D eigenvalue weighted by Gasteiger charge is 2.14. The molecule has 0 fully saturated rings. The predicted molar refractivity (Wildman–Crippen MR) is 98.8 cm³/mol. The molecule has 0 aliphatic heterocycles. The van der Waals surface area contributed by atoms with Gasteiger partial charge in [-0.15, -0.1) is 0 Å². The molecule has 1 aromatic carbocycles. The summed E-state index contributed by atoms with van der Waals surface area (Å²) < 4.78 is 0. The molecule has 5 heteroatoms. The number of carbonyl (C=O) groups excluding carboxylic acids is 1. The maximum Gasteiger partial charge on any atom is 0.274 e. The third kappa shape index (κ3) is 4.31. The Kier molecular flexibility index (Phi) is 5.90. The second kappa shape index (κ2) is 7.90. The molecule has 128 valence electrons. The van der Waals surface area contributed by atoms with Crippen LogP contribution in [0.25, 0.3) is 0 Å². The van der Waals surface area contributed by atoms with Crippen molar-refractivity contribution in [1.82, 2.24) is 9.97 Å². The highest BCUT2D eigenvalue weighted by atomic mass is 16.1. The Bertz CT molecular complexity index is 707. The van der Waals surface area contributed by atoms with Crippen molar-refractivity contribution in [2.75, 3.05) is 23.8 Å². The van der Waals surface area contributed by atoms with Crippen molar-refractivity contribution in [2.24, 2.45) is 0 Å². The summed E-state index contributed by atoms with van der Waals surface area (Å²) in [4.78, 5) is 23.5. The number of nitrogens with one attached hydrogen (secondary N) is 1. The van der Waals surface area contributed by atoms with Gasteiger partial charge in [-0.25, -0.2) is 9.97 Å². The maximum atomic E-state index is 12.6. The lowest BCUT2D eigenvalue weighted by Gasteiger charge is -2.19. The zero-order chi connectivity index (χ0) is 17.7. The first kappa shape index (κ1) is 17.9. The number of anilines is 2. The van der Waals surface area contributed by atoms with Crippen molar-refractivity contribution in [3.8, 4) is 0 Å². The predicted octanol–water partition coefficient (Wildman–Crippen LogP) is 3.89. The van der Waals surface area contributed by atoms with E-state index in [-0.39, 0.29) is 5.91 Å². The van der Waals surface area contributed by atoms with Crippen molar-refractivity contribution < 1.29 is 4.79 Å². The van der Waals surface area contributed by atoms with Crippen LogP contribution < -0.4 is 10.2 Å². The molecular weight excluding hydrogens is 300 g/mol. The third-order valence-electron chi connectivity index (χ3n) is 4.01. The number of amides is 1. The Hall–Kier alpha value is -2.43. The van der Waals surface area contributed by atoms with E-state index in [4.69, 9.17) is 0 Å². The van der Waals surface area contributed by atoms with Gasteiger partial charge in [0.2, 0.25) is 0 Å². The average molecular weight is 326 g/mol. The molecule has 2 aromatic rings. The van der Waals surface area contributed by atoms with E-state index in [0.29, 0.717) is 11.5 Å². The molecular formula is C19H26N4O. The molecule has 24 heavy (non-hydrogen) atoms. The maximum absolute atomic E-state index is 12.6. The molecule has 0 aliphatic rings. The van der Waals surface area contributed by atoms with E-state index in [1.54, 1.807) is 6.07 Å². The highest BCUT2D eigenvalue weighted by molar-refractivity contribution is 6.04. The minimum Gasteiger partial charge on any atom is -0.360 e. The van der Waals surface area contributed by atoms with Gasteiger partial charge >= 0.3 is 0 Å². The largest absolute Gasteiger partial charge is 0.360 e. The summed E-state index contributed by atoms with van der Waals surface area (Å²) in [6, 6.07) is 7.71. The van der Waals surface area contributed by atoms with Crippen LogP contribution in [-0.4, -0.2) is 29.5 Å². The third-order valence-corrected chi connectivity index (χ3v) is 4.01. The van der Waals surface area contributed by atoms with Gasteiger partial charge in [-0.3, -0.25) is 4.79 Å². The van der Waals surface area contributed by atoms with Gasteiger partial charge in [0.1, 0.15) is 17.3 Å². The molecule has 0 unspecified atom stereocenters. The molecule has 0 saturated heterocycles. The van der Waals surface area contributed by atoms with E-state index in [1.165, 1.54) is 0 Å². The molecule has 2 rings (SSSR count). The standard InChI is InChI=1S/C19H26N4O/c1-6-7-11-23(5)17-12-16(20-15(4)21-17)19(24)22-18-13(2)9-8-10-14(18)3/h8-10,12H,6-7,11H2,1-5H3,(H,22,24). The fourth-order valence-corrected chi connectivity index (χ4v) is 2.56. The zero-order valence-corrected chi connectivity index (χ0v) is 15.2. The summed E-state index contributed by atoms with van der Waals surface area (Å²) in [7, 11) is 1.99. The number of carbonyl (C=O) groups is 1. The second-order valence-electron chi connectivity index (χ2n) is 6.15. The number of unbranched alkanes of at least 4 members (excludes halogenated alkanes) is 1. The first-order valence-corrected chi connectivity index (χ1v) is 8.36. The topological polar surface area (TPSA) is 58.1 Å². The second-order valence-corrected chi connectivity index (χ2v) is 6.15. The number of hydrogen-bond acceptors (Lipinski definition) is 4. The molecule has 0 spiro atoms. The van der Waals surface area contributed by atoms with Crippen LogP contribution in [0, 0.1) is 20.8 Å². The van der Waals surface area contributed by atoms with Crippen LogP contribution in [0.4, 0.5) is 11.5 Å². The monoisotopic (exact) mass is 326 g/mol. The van der Waals surface area contributed by atoms with Crippen molar-refractivity contribution in [2.45, 2.75) is 40.5 Å². The lowest BCUT2D eigenvalue weighted by atomic mass is 10.1. The Labute approximate surface area is 144 Å². The molecule has 0 atom stereocenters. The number of nitrogens with zero attached hydrogens (tertiary/aromatic N) is 3. The van der Waals surface area contributed by atoms with E-state index >= 15 is 0 Å². The van der Waals surface area contributed by atoms with Crippen LogP contribution >= 0.6 is 0 Å².